The molecule has 1 aromatic rings. The predicted octanol–water partition coefficient (Wildman–Crippen LogP) is 6.14. The minimum atomic E-state index is -0.181. The van der Waals surface area contributed by atoms with Crippen LogP contribution in [0.1, 0.15) is 57.8 Å². The normalized spacial score (nSPS) is 27.5. The Morgan fingerprint density at radius 2 is 1.67 bits per heavy atom. The van der Waals surface area contributed by atoms with Crippen molar-refractivity contribution in [3.8, 4) is 0 Å². The van der Waals surface area contributed by atoms with E-state index >= 15 is 0 Å². The van der Waals surface area contributed by atoms with E-state index in [1.54, 1.807) is 12.1 Å². The standard InChI is InChI=1S/C18H25BrFN/c19-16-12-14(20)10-11-18(16)21-17-9-5-4-8-15(17)13-6-2-1-3-7-13/h10-13,15,17,21H,1-9H2. The van der Waals surface area contributed by atoms with Crippen molar-refractivity contribution in [1.82, 2.24) is 0 Å². The molecule has 1 N–H and O–H groups in total. The van der Waals surface area contributed by atoms with Crippen LogP contribution < -0.4 is 5.32 Å². The monoisotopic (exact) mass is 353 g/mol. The fraction of sp³-hybridized carbons (Fsp3) is 0.667. The van der Waals surface area contributed by atoms with Crippen LogP contribution >= 0.6 is 15.9 Å². The molecule has 0 amide bonds. The molecule has 0 aromatic heterocycles. The van der Waals surface area contributed by atoms with Gasteiger partial charge in [-0.2, -0.15) is 0 Å². The van der Waals surface area contributed by atoms with Gasteiger partial charge in [0.15, 0.2) is 0 Å². The van der Waals surface area contributed by atoms with Crippen molar-refractivity contribution in [3.05, 3.63) is 28.5 Å². The second-order valence-electron chi connectivity index (χ2n) is 6.72. The molecule has 2 fully saturated rings. The third-order valence-electron chi connectivity index (χ3n) is 5.35. The molecule has 21 heavy (non-hydrogen) atoms. The number of nitrogens with one attached hydrogen (secondary N) is 1. The largest absolute Gasteiger partial charge is 0.381 e. The number of halogens is 2. The Bertz CT molecular complexity index is 470. The summed E-state index contributed by atoms with van der Waals surface area (Å²) >= 11 is 3.49. The van der Waals surface area contributed by atoms with Crippen LogP contribution in [0.15, 0.2) is 22.7 Å². The smallest absolute Gasteiger partial charge is 0.124 e. The van der Waals surface area contributed by atoms with Gasteiger partial charge in [0, 0.05) is 16.2 Å². The molecule has 1 aromatic carbocycles. The van der Waals surface area contributed by atoms with Crippen molar-refractivity contribution in [1.29, 1.82) is 0 Å². The lowest BCUT2D eigenvalue weighted by atomic mass is 9.71. The molecule has 2 atom stereocenters. The van der Waals surface area contributed by atoms with Gasteiger partial charge in [0.05, 0.1) is 0 Å². The van der Waals surface area contributed by atoms with Crippen LogP contribution in [0.4, 0.5) is 10.1 Å². The van der Waals surface area contributed by atoms with Crippen LogP contribution in [0.5, 0.6) is 0 Å². The molecular formula is C18H25BrFN. The molecule has 0 heterocycles. The van der Waals surface area contributed by atoms with Gasteiger partial charge in [0.1, 0.15) is 5.82 Å². The van der Waals surface area contributed by atoms with E-state index in [1.807, 2.05) is 6.07 Å². The minimum absolute atomic E-state index is 0.181. The summed E-state index contributed by atoms with van der Waals surface area (Å²) in [7, 11) is 0. The lowest BCUT2D eigenvalue weighted by molar-refractivity contribution is 0.180. The van der Waals surface area contributed by atoms with Gasteiger partial charge in [0.2, 0.25) is 0 Å². The molecule has 0 saturated heterocycles. The summed E-state index contributed by atoms with van der Waals surface area (Å²) in [5.41, 5.74) is 1.05. The average molecular weight is 354 g/mol. The first-order valence-corrected chi connectivity index (χ1v) is 9.25. The van der Waals surface area contributed by atoms with Crippen LogP contribution in [-0.2, 0) is 0 Å². The van der Waals surface area contributed by atoms with E-state index in [2.05, 4.69) is 21.2 Å². The van der Waals surface area contributed by atoms with Crippen LogP contribution in [-0.4, -0.2) is 6.04 Å². The van der Waals surface area contributed by atoms with Gasteiger partial charge >= 0.3 is 0 Å². The summed E-state index contributed by atoms with van der Waals surface area (Å²) in [6.07, 6.45) is 12.4. The van der Waals surface area contributed by atoms with E-state index in [1.165, 1.54) is 57.8 Å². The molecule has 0 aliphatic heterocycles. The Balaban J connectivity index is 1.71. The van der Waals surface area contributed by atoms with Gasteiger partial charge in [-0.3, -0.25) is 0 Å². The van der Waals surface area contributed by atoms with Crippen molar-refractivity contribution >= 4 is 21.6 Å². The zero-order chi connectivity index (χ0) is 14.7. The van der Waals surface area contributed by atoms with Gasteiger partial charge in [-0.1, -0.05) is 44.9 Å². The van der Waals surface area contributed by atoms with Crippen LogP contribution in [0, 0.1) is 17.7 Å². The molecule has 3 rings (SSSR count). The highest BCUT2D eigenvalue weighted by Crippen LogP contribution is 2.40. The summed E-state index contributed by atoms with van der Waals surface area (Å²) < 4.78 is 14.1. The second-order valence-corrected chi connectivity index (χ2v) is 7.58. The van der Waals surface area contributed by atoms with Crippen molar-refractivity contribution in [3.63, 3.8) is 0 Å². The van der Waals surface area contributed by atoms with E-state index in [0.29, 0.717) is 6.04 Å². The maximum atomic E-state index is 13.2. The van der Waals surface area contributed by atoms with Gasteiger partial charge in [0.25, 0.3) is 0 Å². The third-order valence-corrected chi connectivity index (χ3v) is 6.00. The first-order valence-electron chi connectivity index (χ1n) is 8.45. The Morgan fingerprint density at radius 1 is 0.952 bits per heavy atom. The van der Waals surface area contributed by atoms with E-state index in [9.17, 15) is 4.39 Å². The van der Waals surface area contributed by atoms with E-state index in [4.69, 9.17) is 0 Å². The molecule has 2 aliphatic carbocycles. The average Bonchev–Trinajstić information content (AvgIpc) is 2.51. The third kappa shape index (κ3) is 3.80. The van der Waals surface area contributed by atoms with E-state index < -0.39 is 0 Å². The fourth-order valence-electron chi connectivity index (χ4n) is 4.27. The topological polar surface area (TPSA) is 12.0 Å². The first kappa shape index (κ1) is 15.3. The Labute approximate surface area is 135 Å². The lowest BCUT2D eigenvalue weighted by Gasteiger charge is -2.40. The molecule has 116 valence electrons. The second kappa shape index (κ2) is 7.13. The molecule has 0 radical (unpaired) electrons. The molecule has 0 bridgehead atoms. The summed E-state index contributed by atoms with van der Waals surface area (Å²) in [5.74, 6) is 1.52. The number of hydrogen-bond acceptors (Lipinski definition) is 1. The van der Waals surface area contributed by atoms with Crippen molar-refractivity contribution in [2.45, 2.75) is 63.8 Å². The van der Waals surface area contributed by atoms with Crippen molar-refractivity contribution < 1.29 is 4.39 Å². The number of benzene rings is 1. The first-order chi connectivity index (χ1) is 10.2. The molecule has 3 heteroatoms. The lowest BCUT2D eigenvalue weighted by Crippen LogP contribution is -2.37. The highest BCUT2D eigenvalue weighted by atomic mass is 79.9. The Kier molecular flexibility index (Phi) is 5.20. The molecular weight excluding hydrogens is 329 g/mol. The van der Waals surface area contributed by atoms with Gasteiger partial charge < -0.3 is 5.32 Å². The minimum Gasteiger partial charge on any atom is -0.381 e. The van der Waals surface area contributed by atoms with Gasteiger partial charge in [-0.05, 0) is 58.8 Å². The highest BCUT2D eigenvalue weighted by molar-refractivity contribution is 9.10. The SMILES string of the molecule is Fc1ccc(NC2CCCCC2C2CCCCC2)c(Br)c1. The summed E-state index contributed by atoms with van der Waals surface area (Å²) in [5, 5.41) is 3.71. The maximum Gasteiger partial charge on any atom is 0.124 e. The Morgan fingerprint density at radius 3 is 2.43 bits per heavy atom. The van der Waals surface area contributed by atoms with E-state index in [0.717, 1.165) is 22.0 Å². The van der Waals surface area contributed by atoms with Gasteiger partial charge in [-0.15, -0.1) is 0 Å². The summed E-state index contributed by atoms with van der Waals surface area (Å²) in [4.78, 5) is 0. The molecule has 2 aliphatic rings. The summed E-state index contributed by atoms with van der Waals surface area (Å²) in [6.45, 7) is 0. The van der Waals surface area contributed by atoms with E-state index in [-0.39, 0.29) is 5.82 Å². The number of anilines is 1. The molecule has 2 saturated carbocycles. The maximum absolute atomic E-state index is 13.2. The van der Waals surface area contributed by atoms with Crippen LogP contribution in [0.3, 0.4) is 0 Å². The van der Waals surface area contributed by atoms with Crippen LogP contribution in [0.2, 0.25) is 0 Å². The summed E-state index contributed by atoms with van der Waals surface area (Å²) in [6, 6.07) is 5.53. The van der Waals surface area contributed by atoms with Crippen molar-refractivity contribution in [2.75, 3.05) is 5.32 Å². The van der Waals surface area contributed by atoms with Gasteiger partial charge in [-0.25, -0.2) is 4.39 Å². The zero-order valence-corrected chi connectivity index (χ0v) is 14.2. The molecule has 2 unspecified atom stereocenters. The zero-order valence-electron chi connectivity index (χ0n) is 12.6. The number of rotatable bonds is 3. The molecule has 1 nitrogen and oxygen atoms in total. The Hall–Kier alpha value is -0.570. The number of hydrogen-bond donors (Lipinski definition) is 1. The molecule has 0 spiro atoms. The highest BCUT2D eigenvalue weighted by Gasteiger charge is 2.32. The van der Waals surface area contributed by atoms with Crippen molar-refractivity contribution in [2.24, 2.45) is 11.8 Å². The predicted molar refractivity (Wildman–Crippen MR) is 90.0 cm³/mol. The van der Waals surface area contributed by atoms with Crippen LogP contribution in [0.25, 0.3) is 0 Å². The fourth-order valence-corrected chi connectivity index (χ4v) is 4.74. The quantitative estimate of drug-likeness (QED) is 0.687.